The number of aldehydes is 1. The predicted octanol–water partition coefficient (Wildman–Crippen LogP) is 1.25. The van der Waals surface area contributed by atoms with Crippen LogP contribution in [0.4, 0.5) is 0 Å². The summed E-state index contributed by atoms with van der Waals surface area (Å²) >= 11 is 2.94. The Hall–Kier alpha value is -0.640. The molecule has 0 fully saturated rings. The maximum absolute atomic E-state index is 9.87. The lowest BCUT2D eigenvalue weighted by atomic mass is 10.6. The first-order chi connectivity index (χ1) is 3.83. The summed E-state index contributed by atoms with van der Waals surface area (Å²) < 4.78 is 4.67. The molecule has 0 spiro atoms. The molecule has 0 aliphatic heterocycles. The monoisotopic (exact) mass is 175 g/mol. The average Bonchev–Trinajstić information content (AvgIpc) is 2.14. The number of carbonyl (C=O) groups is 1. The van der Waals surface area contributed by atoms with Gasteiger partial charge in [-0.05, 0) is 0 Å². The minimum atomic E-state index is 0.233. The molecule has 1 aromatic rings. The summed E-state index contributed by atoms with van der Waals surface area (Å²) in [4.78, 5) is 13.8. The van der Waals surface area contributed by atoms with Gasteiger partial charge in [0, 0.05) is 15.9 Å². The first-order valence-electron chi connectivity index (χ1n) is 1.89. The summed E-state index contributed by atoms with van der Waals surface area (Å²) in [6.07, 6.45) is 1.94. The third-order valence-electron chi connectivity index (χ3n) is 0.612. The van der Waals surface area contributed by atoms with Crippen LogP contribution in [0.15, 0.2) is 15.4 Å². The summed E-state index contributed by atoms with van der Waals surface area (Å²) in [5.41, 5.74) is 0. The lowest BCUT2D eigenvalue weighted by molar-refractivity contribution is 0.109. The first kappa shape index (κ1) is 5.50. The van der Waals surface area contributed by atoms with E-state index in [1.165, 1.54) is 6.20 Å². The van der Waals surface area contributed by atoms with Gasteiger partial charge >= 0.3 is 0 Å². The zero-order chi connectivity index (χ0) is 5.98. The van der Waals surface area contributed by atoms with Gasteiger partial charge in [-0.1, -0.05) is 0 Å². The maximum atomic E-state index is 9.87. The van der Waals surface area contributed by atoms with Gasteiger partial charge < -0.3 is 4.42 Å². The summed E-state index contributed by atoms with van der Waals surface area (Å²) in [6.45, 7) is 0. The molecular formula is C4H2BrNO2. The van der Waals surface area contributed by atoms with Crippen molar-refractivity contribution >= 4 is 22.2 Å². The predicted molar refractivity (Wildman–Crippen MR) is 29.6 cm³/mol. The summed E-state index contributed by atoms with van der Waals surface area (Å²) in [6, 6.07) is 0. The number of hydrogen-bond donors (Lipinski definition) is 0. The second kappa shape index (κ2) is 2.09. The van der Waals surface area contributed by atoms with Crippen molar-refractivity contribution in [2.75, 3.05) is 0 Å². The molecule has 0 N–H and O–H groups in total. The van der Waals surface area contributed by atoms with Gasteiger partial charge in [0.15, 0.2) is 12.0 Å². The van der Waals surface area contributed by atoms with Gasteiger partial charge in [-0.2, -0.15) is 0 Å². The summed E-state index contributed by atoms with van der Waals surface area (Å²) in [5, 5.41) is 0. The Balaban J connectivity index is 3.00. The number of aromatic nitrogens is 1. The van der Waals surface area contributed by atoms with Crippen LogP contribution in [0.2, 0.25) is 0 Å². The van der Waals surface area contributed by atoms with E-state index in [0.29, 0.717) is 11.1 Å². The van der Waals surface area contributed by atoms with E-state index in [9.17, 15) is 4.79 Å². The first-order valence-corrected chi connectivity index (χ1v) is 2.69. The second-order valence-electron chi connectivity index (χ2n) is 1.13. The second-order valence-corrected chi connectivity index (χ2v) is 1.81. The largest absolute Gasteiger partial charge is 0.428 e. The molecule has 0 saturated heterocycles. The van der Waals surface area contributed by atoms with Gasteiger partial charge in [0.2, 0.25) is 0 Å². The van der Waals surface area contributed by atoms with E-state index < -0.39 is 0 Å². The van der Waals surface area contributed by atoms with Gasteiger partial charge in [0.05, 0.1) is 6.20 Å². The molecule has 0 saturated carbocycles. The minimum Gasteiger partial charge on any atom is -0.428 e. The number of carbonyl (C=O) groups excluding carboxylic acids is 1. The number of nitrogens with zero attached hydrogens (tertiary/aromatic N) is 1. The van der Waals surface area contributed by atoms with E-state index in [-0.39, 0.29) is 5.76 Å². The standard InChI is InChI=1S/C4H2BrNO2/c5-4-6-1-3(2-7)8-4/h1-2H. The fraction of sp³-hybridized carbons (Fsp3) is 0. The highest BCUT2D eigenvalue weighted by molar-refractivity contribution is 9.10. The van der Waals surface area contributed by atoms with Crippen LogP contribution in [0.25, 0.3) is 0 Å². The normalized spacial score (nSPS) is 9.12. The van der Waals surface area contributed by atoms with E-state index >= 15 is 0 Å². The van der Waals surface area contributed by atoms with E-state index in [2.05, 4.69) is 25.3 Å². The highest BCUT2D eigenvalue weighted by atomic mass is 79.9. The molecule has 3 nitrogen and oxygen atoms in total. The fourth-order valence-electron chi connectivity index (χ4n) is 0.319. The molecule has 0 radical (unpaired) electrons. The molecule has 42 valence electrons. The van der Waals surface area contributed by atoms with Gasteiger partial charge in [-0.25, -0.2) is 4.98 Å². The van der Waals surface area contributed by atoms with Crippen LogP contribution < -0.4 is 0 Å². The minimum absolute atomic E-state index is 0.233. The molecule has 1 heterocycles. The zero-order valence-electron chi connectivity index (χ0n) is 3.80. The maximum Gasteiger partial charge on any atom is 0.264 e. The number of halogens is 1. The summed E-state index contributed by atoms with van der Waals surface area (Å²) in [5.74, 6) is 0.233. The Bertz CT molecular complexity index is 196. The zero-order valence-corrected chi connectivity index (χ0v) is 5.38. The topological polar surface area (TPSA) is 43.1 Å². The van der Waals surface area contributed by atoms with E-state index in [1.807, 2.05) is 0 Å². The number of hydrogen-bond acceptors (Lipinski definition) is 3. The van der Waals surface area contributed by atoms with Crippen molar-refractivity contribution in [1.82, 2.24) is 4.98 Å². The lowest BCUT2D eigenvalue weighted by Crippen LogP contribution is -1.66. The average molecular weight is 176 g/mol. The third kappa shape index (κ3) is 0.949. The highest BCUT2D eigenvalue weighted by Crippen LogP contribution is 2.06. The molecule has 0 aliphatic rings. The SMILES string of the molecule is O=Cc1cnc(Br)o1. The van der Waals surface area contributed by atoms with Crippen molar-refractivity contribution in [2.24, 2.45) is 0 Å². The smallest absolute Gasteiger partial charge is 0.264 e. The lowest BCUT2D eigenvalue weighted by Gasteiger charge is -1.71. The molecule has 0 atom stereocenters. The van der Waals surface area contributed by atoms with Gasteiger partial charge in [-0.3, -0.25) is 4.79 Å². The van der Waals surface area contributed by atoms with Crippen LogP contribution in [0.3, 0.4) is 0 Å². The molecule has 0 aromatic carbocycles. The van der Waals surface area contributed by atoms with Crippen molar-refractivity contribution in [3.8, 4) is 0 Å². The number of rotatable bonds is 1. The van der Waals surface area contributed by atoms with Crippen molar-refractivity contribution < 1.29 is 9.21 Å². The molecular weight excluding hydrogens is 174 g/mol. The Morgan fingerprint density at radius 3 is 2.88 bits per heavy atom. The molecule has 8 heavy (non-hydrogen) atoms. The Morgan fingerprint density at radius 2 is 2.62 bits per heavy atom. The fourth-order valence-corrected chi connectivity index (χ4v) is 0.608. The van der Waals surface area contributed by atoms with E-state index in [0.717, 1.165) is 0 Å². The summed E-state index contributed by atoms with van der Waals surface area (Å²) in [7, 11) is 0. The molecule has 0 amide bonds. The van der Waals surface area contributed by atoms with Crippen molar-refractivity contribution in [3.05, 3.63) is 16.8 Å². The van der Waals surface area contributed by atoms with Crippen LogP contribution in [-0.4, -0.2) is 11.3 Å². The van der Waals surface area contributed by atoms with Crippen LogP contribution >= 0.6 is 15.9 Å². The van der Waals surface area contributed by atoms with Crippen LogP contribution in [-0.2, 0) is 0 Å². The molecule has 0 unspecified atom stereocenters. The molecule has 1 rings (SSSR count). The van der Waals surface area contributed by atoms with Gasteiger partial charge in [0.1, 0.15) is 0 Å². The van der Waals surface area contributed by atoms with Crippen molar-refractivity contribution in [1.29, 1.82) is 0 Å². The quantitative estimate of drug-likeness (QED) is 0.604. The third-order valence-corrected chi connectivity index (χ3v) is 0.978. The van der Waals surface area contributed by atoms with Crippen LogP contribution in [0.5, 0.6) is 0 Å². The number of oxazole rings is 1. The Labute approximate surface area is 53.8 Å². The molecule has 0 bridgehead atoms. The van der Waals surface area contributed by atoms with E-state index in [4.69, 9.17) is 0 Å². The van der Waals surface area contributed by atoms with Gasteiger partial charge in [-0.15, -0.1) is 0 Å². The van der Waals surface area contributed by atoms with Crippen LogP contribution in [0, 0.1) is 0 Å². The van der Waals surface area contributed by atoms with E-state index in [1.54, 1.807) is 0 Å². The molecule has 0 aliphatic carbocycles. The molecule has 4 heteroatoms. The Morgan fingerprint density at radius 1 is 1.88 bits per heavy atom. The highest BCUT2D eigenvalue weighted by Gasteiger charge is 1.95. The van der Waals surface area contributed by atoms with Gasteiger partial charge in [0.25, 0.3) is 4.80 Å². The van der Waals surface area contributed by atoms with Crippen molar-refractivity contribution in [2.45, 2.75) is 0 Å². The Kier molecular flexibility index (Phi) is 1.43. The molecule has 1 aromatic heterocycles. The van der Waals surface area contributed by atoms with Crippen LogP contribution in [0.1, 0.15) is 10.6 Å². The van der Waals surface area contributed by atoms with Crippen molar-refractivity contribution in [3.63, 3.8) is 0 Å².